The lowest BCUT2D eigenvalue weighted by molar-refractivity contribution is -0.136. The van der Waals surface area contributed by atoms with E-state index in [1.165, 1.54) is 22.7 Å². The number of rotatable bonds is 7. The molecule has 0 spiro atoms. The zero-order chi connectivity index (χ0) is 23.5. The van der Waals surface area contributed by atoms with Crippen molar-refractivity contribution in [3.05, 3.63) is 66.3 Å². The standard InChI is InChI=1S/C22H21ClN4O4S2.ClH/c1-27-7-6-14-17(11-27)33-22(26-14)21(31)25-15-8-12(9-19(28)29)2-3-13(15)10-24-20(30)16-4-5-18(23)32-16;/h2-5,8H,6-7,9-11H2,1H3,(H,24,30)(H,25,31)(H,28,29);1H. The van der Waals surface area contributed by atoms with E-state index >= 15 is 0 Å². The largest absolute Gasteiger partial charge is 0.481 e. The molecule has 2 aromatic heterocycles. The first-order chi connectivity index (χ1) is 15.8. The summed E-state index contributed by atoms with van der Waals surface area (Å²) in [7, 11) is 2.03. The van der Waals surface area contributed by atoms with E-state index in [0.717, 1.165) is 30.1 Å². The number of thiazole rings is 1. The molecule has 34 heavy (non-hydrogen) atoms. The van der Waals surface area contributed by atoms with Crippen molar-refractivity contribution >= 4 is 70.2 Å². The second-order valence-corrected chi connectivity index (χ2v) is 10.5. The van der Waals surface area contributed by atoms with Gasteiger partial charge in [0, 0.05) is 36.6 Å². The van der Waals surface area contributed by atoms with Gasteiger partial charge in [-0.05, 0) is 36.4 Å². The van der Waals surface area contributed by atoms with Gasteiger partial charge in [-0.25, -0.2) is 4.98 Å². The first-order valence-corrected chi connectivity index (χ1v) is 12.1. The number of nitrogens with zero attached hydrogens (tertiary/aromatic N) is 2. The van der Waals surface area contributed by atoms with Gasteiger partial charge in [-0.2, -0.15) is 0 Å². The zero-order valence-corrected chi connectivity index (χ0v) is 21.3. The Balaban J connectivity index is 0.00000324. The Bertz CT molecular complexity index is 1230. The molecule has 12 heteroatoms. The van der Waals surface area contributed by atoms with Crippen LogP contribution in [0, 0.1) is 0 Å². The SMILES string of the molecule is CN1CCc2nc(C(=O)Nc3cc(CC(=O)O)ccc3CNC(=O)c3ccc(Cl)s3)sc2C1.Cl. The molecule has 1 aromatic carbocycles. The van der Waals surface area contributed by atoms with E-state index in [1.54, 1.807) is 30.3 Å². The van der Waals surface area contributed by atoms with E-state index in [1.807, 2.05) is 7.05 Å². The van der Waals surface area contributed by atoms with Gasteiger partial charge in [-0.15, -0.1) is 35.1 Å². The fraction of sp³-hybridized carbons (Fsp3) is 0.273. The van der Waals surface area contributed by atoms with E-state index < -0.39 is 5.97 Å². The molecule has 0 radical (unpaired) electrons. The van der Waals surface area contributed by atoms with Crippen LogP contribution in [0.5, 0.6) is 0 Å². The summed E-state index contributed by atoms with van der Waals surface area (Å²) < 4.78 is 0.517. The topological polar surface area (TPSA) is 112 Å². The number of carboxylic acids is 1. The number of carboxylic acid groups (broad SMARTS) is 1. The number of benzene rings is 1. The molecule has 3 aromatic rings. The minimum absolute atomic E-state index is 0. The summed E-state index contributed by atoms with van der Waals surface area (Å²) in [6, 6.07) is 8.29. The minimum atomic E-state index is -0.973. The fourth-order valence-corrected chi connectivity index (χ4v) is 5.52. The predicted molar refractivity (Wildman–Crippen MR) is 136 cm³/mol. The second-order valence-electron chi connectivity index (χ2n) is 7.68. The van der Waals surface area contributed by atoms with Crippen LogP contribution in [0.15, 0.2) is 30.3 Å². The number of carbonyl (C=O) groups is 3. The number of nitrogens with one attached hydrogen (secondary N) is 2. The first-order valence-electron chi connectivity index (χ1n) is 10.1. The number of likely N-dealkylation sites (N-methyl/N-ethyl adjacent to an activating group) is 1. The van der Waals surface area contributed by atoms with Gasteiger partial charge in [0.25, 0.3) is 11.8 Å². The van der Waals surface area contributed by atoms with Crippen LogP contribution < -0.4 is 10.6 Å². The van der Waals surface area contributed by atoms with Gasteiger partial charge in [0.1, 0.15) is 0 Å². The Morgan fingerprint density at radius 1 is 1.18 bits per heavy atom. The molecule has 0 bridgehead atoms. The molecule has 0 unspecified atom stereocenters. The number of aliphatic carboxylic acids is 1. The summed E-state index contributed by atoms with van der Waals surface area (Å²) >= 11 is 8.44. The number of carbonyl (C=O) groups excluding carboxylic acids is 2. The molecule has 1 aliphatic heterocycles. The Kier molecular flexibility index (Phi) is 8.67. The Morgan fingerprint density at radius 2 is 1.97 bits per heavy atom. The molecule has 8 nitrogen and oxygen atoms in total. The second kappa shape index (κ2) is 11.3. The van der Waals surface area contributed by atoms with Crippen molar-refractivity contribution in [1.82, 2.24) is 15.2 Å². The van der Waals surface area contributed by atoms with Gasteiger partial charge < -0.3 is 20.6 Å². The van der Waals surface area contributed by atoms with Crippen LogP contribution in [-0.2, 0) is 30.7 Å². The molecule has 4 rings (SSSR count). The molecule has 3 N–H and O–H groups in total. The highest BCUT2D eigenvalue weighted by Gasteiger charge is 2.22. The highest BCUT2D eigenvalue weighted by atomic mass is 35.5. The maximum atomic E-state index is 13.0. The molecule has 3 heterocycles. The molecule has 0 aliphatic carbocycles. The molecule has 1 aliphatic rings. The molecular formula is C22H22Cl2N4O4S2. The lowest BCUT2D eigenvalue weighted by Crippen LogP contribution is -2.25. The number of anilines is 1. The van der Waals surface area contributed by atoms with Crippen molar-refractivity contribution < 1.29 is 19.5 Å². The third-order valence-electron chi connectivity index (χ3n) is 5.13. The molecule has 0 saturated heterocycles. The number of hydrogen-bond donors (Lipinski definition) is 3. The van der Waals surface area contributed by atoms with Crippen molar-refractivity contribution in [3.63, 3.8) is 0 Å². The highest BCUT2D eigenvalue weighted by Crippen LogP contribution is 2.26. The van der Waals surface area contributed by atoms with Crippen LogP contribution in [0.2, 0.25) is 4.34 Å². The number of aromatic nitrogens is 1. The van der Waals surface area contributed by atoms with Crippen LogP contribution in [-0.4, -0.2) is 46.4 Å². The number of thiophene rings is 1. The van der Waals surface area contributed by atoms with E-state index in [2.05, 4.69) is 20.5 Å². The normalized spacial score (nSPS) is 13.0. The molecule has 0 atom stereocenters. The van der Waals surface area contributed by atoms with Crippen molar-refractivity contribution in [2.45, 2.75) is 25.9 Å². The van der Waals surface area contributed by atoms with Gasteiger partial charge in [-0.3, -0.25) is 14.4 Å². The summed E-state index contributed by atoms with van der Waals surface area (Å²) in [6.07, 6.45) is 0.620. The first kappa shape index (κ1) is 26.1. The lowest BCUT2D eigenvalue weighted by atomic mass is 10.1. The fourth-order valence-electron chi connectivity index (χ4n) is 3.47. The number of hydrogen-bond acceptors (Lipinski definition) is 7. The van der Waals surface area contributed by atoms with E-state index in [9.17, 15) is 14.4 Å². The van der Waals surface area contributed by atoms with Crippen LogP contribution in [0.3, 0.4) is 0 Å². The van der Waals surface area contributed by atoms with Crippen LogP contribution in [0.25, 0.3) is 0 Å². The molecular weight excluding hydrogens is 519 g/mol. The van der Waals surface area contributed by atoms with Crippen LogP contribution >= 0.6 is 46.7 Å². The summed E-state index contributed by atoms with van der Waals surface area (Å²) in [6.45, 7) is 1.81. The van der Waals surface area contributed by atoms with E-state index in [4.69, 9.17) is 16.7 Å². The monoisotopic (exact) mass is 540 g/mol. The average molecular weight is 541 g/mol. The van der Waals surface area contributed by atoms with Crippen LogP contribution in [0.1, 0.15) is 41.2 Å². The Labute approximate surface area is 215 Å². The zero-order valence-electron chi connectivity index (χ0n) is 18.1. The van der Waals surface area contributed by atoms with Gasteiger partial charge in [0.2, 0.25) is 0 Å². The Hall–Kier alpha value is -2.50. The Morgan fingerprint density at radius 3 is 2.68 bits per heavy atom. The smallest absolute Gasteiger partial charge is 0.307 e. The number of halogens is 2. The maximum Gasteiger partial charge on any atom is 0.307 e. The third kappa shape index (κ3) is 6.34. The number of fused-ring (bicyclic) bond motifs is 1. The van der Waals surface area contributed by atoms with E-state index in [-0.39, 0.29) is 37.2 Å². The van der Waals surface area contributed by atoms with Gasteiger partial charge in [-0.1, -0.05) is 23.7 Å². The van der Waals surface area contributed by atoms with Gasteiger partial charge in [0.05, 0.1) is 21.3 Å². The minimum Gasteiger partial charge on any atom is -0.481 e. The number of amides is 2. The van der Waals surface area contributed by atoms with Crippen molar-refractivity contribution in [2.24, 2.45) is 0 Å². The predicted octanol–water partition coefficient (Wildman–Crippen LogP) is 4.08. The summed E-state index contributed by atoms with van der Waals surface area (Å²) in [5.74, 6) is -1.61. The van der Waals surface area contributed by atoms with Gasteiger partial charge in [0.15, 0.2) is 5.01 Å². The lowest BCUT2D eigenvalue weighted by Gasteiger charge is -2.20. The van der Waals surface area contributed by atoms with Crippen LogP contribution in [0.4, 0.5) is 5.69 Å². The van der Waals surface area contributed by atoms with Crippen molar-refractivity contribution in [1.29, 1.82) is 0 Å². The molecule has 180 valence electrons. The summed E-state index contributed by atoms with van der Waals surface area (Å²) in [5.41, 5.74) is 2.58. The highest BCUT2D eigenvalue weighted by molar-refractivity contribution is 7.18. The molecule has 0 saturated carbocycles. The molecule has 0 fully saturated rings. The third-order valence-corrected chi connectivity index (χ3v) is 7.44. The van der Waals surface area contributed by atoms with E-state index in [0.29, 0.717) is 31.0 Å². The summed E-state index contributed by atoms with van der Waals surface area (Å²) in [4.78, 5) is 44.8. The average Bonchev–Trinajstić information content (AvgIpc) is 3.38. The van der Waals surface area contributed by atoms with Crippen molar-refractivity contribution in [3.8, 4) is 0 Å². The van der Waals surface area contributed by atoms with Crippen molar-refractivity contribution in [2.75, 3.05) is 18.9 Å². The maximum absolute atomic E-state index is 13.0. The molecule has 2 amide bonds. The van der Waals surface area contributed by atoms with Gasteiger partial charge >= 0.3 is 5.97 Å². The summed E-state index contributed by atoms with van der Waals surface area (Å²) in [5, 5.41) is 15.2. The quantitative estimate of drug-likeness (QED) is 0.416.